The minimum Gasteiger partial charge on any atom is -0.481 e. The minimum atomic E-state index is -0.904. The van der Waals surface area contributed by atoms with Gasteiger partial charge in [-0.3, -0.25) is 9.59 Å². The Kier molecular flexibility index (Phi) is 2.98. The summed E-state index contributed by atoms with van der Waals surface area (Å²) in [5.41, 5.74) is 1.55. The Labute approximate surface area is 115 Å². The fourth-order valence-corrected chi connectivity index (χ4v) is 2.11. The van der Waals surface area contributed by atoms with Crippen molar-refractivity contribution in [3.63, 3.8) is 0 Å². The molecule has 20 heavy (non-hydrogen) atoms. The maximum absolute atomic E-state index is 11.8. The molecular formula is C14H13N3O3. The predicted octanol–water partition coefficient (Wildman–Crippen LogP) is 1.53. The van der Waals surface area contributed by atoms with Crippen molar-refractivity contribution in [2.75, 3.05) is 5.32 Å². The van der Waals surface area contributed by atoms with Crippen LogP contribution in [0.25, 0.3) is 5.69 Å². The number of carboxylic acid groups (broad SMARTS) is 1. The van der Waals surface area contributed by atoms with Crippen LogP contribution in [0, 0.1) is 11.8 Å². The summed E-state index contributed by atoms with van der Waals surface area (Å²) in [6.45, 7) is 0. The molecule has 0 radical (unpaired) electrons. The fraction of sp³-hybridized carbons (Fsp3) is 0.214. The summed E-state index contributed by atoms with van der Waals surface area (Å²) < 4.78 is 1.72. The Morgan fingerprint density at radius 3 is 2.55 bits per heavy atom. The van der Waals surface area contributed by atoms with Crippen molar-refractivity contribution in [3.8, 4) is 5.69 Å². The molecule has 1 fully saturated rings. The van der Waals surface area contributed by atoms with E-state index in [9.17, 15) is 9.59 Å². The predicted molar refractivity (Wildman–Crippen MR) is 71.4 cm³/mol. The van der Waals surface area contributed by atoms with Gasteiger partial charge in [0.2, 0.25) is 5.91 Å². The van der Waals surface area contributed by atoms with Crippen molar-refractivity contribution in [2.45, 2.75) is 6.42 Å². The van der Waals surface area contributed by atoms with E-state index in [-0.39, 0.29) is 5.91 Å². The quantitative estimate of drug-likeness (QED) is 0.883. The van der Waals surface area contributed by atoms with Gasteiger partial charge >= 0.3 is 5.97 Å². The molecule has 0 spiro atoms. The van der Waals surface area contributed by atoms with E-state index < -0.39 is 17.8 Å². The fourth-order valence-electron chi connectivity index (χ4n) is 2.11. The highest BCUT2D eigenvalue weighted by Crippen LogP contribution is 2.39. The lowest BCUT2D eigenvalue weighted by Gasteiger charge is -2.06. The second kappa shape index (κ2) is 4.80. The lowest BCUT2D eigenvalue weighted by atomic mass is 10.2. The summed E-state index contributed by atoms with van der Waals surface area (Å²) in [6.07, 6.45) is 3.94. The zero-order valence-electron chi connectivity index (χ0n) is 10.6. The number of hydrogen-bond donors (Lipinski definition) is 2. The van der Waals surface area contributed by atoms with Crippen LogP contribution in [-0.4, -0.2) is 26.8 Å². The molecule has 1 aromatic heterocycles. The zero-order chi connectivity index (χ0) is 14.1. The average Bonchev–Trinajstić information content (AvgIpc) is 3.07. The molecule has 1 aromatic carbocycles. The number of carbonyl (C=O) groups excluding carboxylic acids is 1. The number of benzene rings is 1. The molecule has 2 atom stereocenters. The number of nitrogens with one attached hydrogen (secondary N) is 1. The smallest absolute Gasteiger partial charge is 0.307 e. The second-order valence-corrected chi connectivity index (χ2v) is 4.77. The molecule has 0 bridgehead atoms. The molecule has 2 N–H and O–H groups in total. The lowest BCUT2D eigenvalue weighted by Crippen LogP contribution is -2.16. The van der Waals surface area contributed by atoms with E-state index in [4.69, 9.17) is 5.11 Å². The maximum atomic E-state index is 11.8. The third-order valence-corrected chi connectivity index (χ3v) is 3.35. The Balaban J connectivity index is 1.64. The topological polar surface area (TPSA) is 84.2 Å². The largest absolute Gasteiger partial charge is 0.481 e. The van der Waals surface area contributed by atoms with Gasteiger partial charge in [-0.2, -0.15) is 5.10 Å². The van der Waals surface area contributed by atoms with Crippen LogP contribution in [0.2, 0.25) is 0 Å². The first-order valence-corrected chi connectivity index (χ1v) is 6.29. The molecule has 6 heteroatoms. The van der Waals surface area contributed by atoms with Crippen LogP contribution in [0.15, 0.2) is 42.7 Å². The second-order valence-electron chi connectivity index (χ2n) is 4.77. The summed E-state index contributed by atoms with van der Waals surface area (Å²) in [4.78, 5) is 22.5. The van der Waals surface area contributed by atoms with E-state index in [0.29, 0.717) is 12.1 Å². The Morgan fingerprint density at radius 2 is 2.00 bits per heavy atom. The van der Waals surface area contributed by atoms with Crippen molar-refractivity contribution >= 4 is 17.6 Å². The summed E-state index contributed by atoms with van der Waals surface area (Å²) in [5, 5.41) is 15.6. The lowest BCUT2D eigenvalue weighted by molar-refractivity contribution is -0.139. The number of aromatic nitrogens is 2. The van der Waals surface area contributed by atoms with Gasteiger partial charge in [0.05, 0.1) is 17.5 Å². The van der Waals surface area contributed by atoms with Gasteiger partial charge in [-0.1, -0.05) is 0 Å². The number of anilines is 1. The van der Waals surface area contributed by atoms with E-state index >= 15 is 0 Å². The number of aliphatic carboxylic acids is 1. The van der Waals surface area contributed by atoms with E-state index in [1.165, 1.54) is 0 Å². The Bertz CT molecular complexity index is 634. The van der Waals surface area contributed by atoms with Crippen molar-refractivity contribution in [3.05, 3.63) is 42.7 Å². The molecule has 2 aromatic rings. The standard InChI is InChI=1S/C14H13N3O3/c18-13(11-8-12(11)14(19)20)16-9-2-4-10(5-3-9)17-7-1-6-15-17/h1-7,11-12H,8H2,(H,16,18)(H,19,20)/t11-,12+/m1/s1. The molecule has 0 aliphatic heterocycles. The number of carboxylic acids is 1. The highest BCUT2D eigenvalue weighted by Gasteiger charge is 2.48. The SMILES string of the molecule is O=C(O)[C@H]1C[C@H]1C(=O)Nc1ccc(-n2cccn2)cc1. The first kappa shape index (κ1) is 12.4. The number of nitrogens with zero attached hydrogens (tertiary/aromatic N) is 2. The molecule has 0 saturated heterocycles. The molecule has 3 rings (SSSR count). The number of amides is 1. The van der Waals surface area contributed by atoms with E-state index in [1.807, 2.05) is 24.4 Å². The van der Waals surface area contributed by atoms with Crippen LogP contribution in [-0.2, 0) is 9.59 Å². The average molecular weight is 271 g/mol. The normalized spacial score (nSPS) is 20.4. The van der Waals surface area contributed by atoms with Crippen molar-refractivity contribution < 1.29 is 14.7 Å². The molecule has 1 aliphatic carbocycles. The van der Waals surface area contributed by atoms with E-state index in [1.54, 1.807) is 23.0 Å². The summed E-state index contributed by atoms with van der Waals surface area (Å²) >= 11 is 0. The van der Waals surface area contributed by atoms with Gasteiger partial charge in [0.1, 0.15) is 0 Å². The molecule has 102 valence electrons. The molecule has 1 aliphatic rings. The molecule has 6 nitrogen and oxygen atoms in total. The van der Waals surface area contributed by atoms with Gasteiger partial charge in [-0.25, -0.2) is 4.68 Å². The summed E-state index contributed by atoms with van der Waals surface area (Å²) in [7, 11) is 0. The summed E-state index contributed by atoms with van der Waals surface area (Å²) in [5.74, 6) is -2.07. The van der Waals surface area contributed by atoms with E-state index in [0.717, 1.165) is 5.69 Å². The minimum absolute atomic E-state index is 0.232. The van der Waals surface area contributed by atoms with E-state index in [2.05, 4.69) is 10.4 Å². The van der Waals surface area contributed by atoms with Gasteiger partial charge < -0.3 is 10.4 Å². The van der Waals surface area contributed by atoms with Gasteiger partial charge in [0.25, 0.3) is 0 Å². The third kappa shape index (κ3) is 2.40. The van der Waals surface area contributed by atoms with Gasteiger partial charge in [-0.15, -0.1) is 0 Å². The first-order chi connectivity index (χ1) is 9.65. The van der Waals surface area contributed by atoms with Gasteiger partial charge in [-0.05, 0) is 36.8 Å². The number of carbonyl (C=O) groups is 2. The zero-order valence-corrected chi connectivity index (χ0v) is 10.6. The first-order valence-electron chi connectivity index (χ1n) is 6.29. The Morgan fingerprint density at radius 1 is 1.25 bits per heavy atom. The highest BCUT2D eigenvalue weighted by atomic mass is 16.4. The molecule has 0 unspecified atom stereocenters. The van der Waals surface area contributed by atoms with Crippen LogP contribution in [0.5, 0.6) is 0 Å². The molecule has 1 heterocycles. The molecular weight excluding hydrogens is 258 g/mol. The van der Waals surface area contributed by atoms with Gasteiger partial charge in [0.15, 0.2) is 0 Å². The molecule has 1 saturated carbocycles. The summed E-state index contributed by atoms with van der Waals surface area (Å²) in [6, 6.07) is 9.04. The Hall–Kier alpha value is -2.63. The maximum Gasteiger partial charge on any atom is 0.307 e. The highest BCUT2D eigenvalue weighted by molar-refractivity contribution is 5.98. The van der Waals surface area contributed by atoms with Crippen LogP contribution in [0.4, 0.5) is 5.69 Å². The number of rotatable bonds is 4. The van der Waals surface area contributed by atoms with Crippen molar-refractivity contribution in [1.82, 2.24) is 9.78 Å². The number of hydrogen-bond acceptors (Lipinski definition) is 3. The monoisotopic (exact) mass is 271 g/mol. The van der Waals surface area contributed by atoms with Crippen LogP contribution in [0.1, 0.15) is 6.42 Å². The van der Waals surface area contributed by atoms with Crippen LogP contribution < -0.4 is 5.32 Å². The van der Waals surface area contributed by atoms with Crippen LogP contribution >= 0.6 is 0 Å². The van der Waals surface area contributed by atoms with Crippen LogP contribution in [0.3, 0.4) is 0 Å². The van der Waals surface area contributed by atoms with Gasteiger partial charge in [0, 0.05) is 18.1 Å². The molecule has 1 amide bonds. The van der Waals surface area contributed by atoms with Crippen molar-refractivity contribution in [2.24, 2.45) is 11.8 Å². The van der Waals surface area contributed by atoms with Crippen molar-refractivity contribution in [1.29, 1.82) is 0 Å². The third-order valence-electron chi connectivity index (χ3n) is 3.35.